The van der Waals surface area contributed by atoms with Crippen molar-refractivity contribution < 1.29 is 4.79 Å². The average molecular weight is 374 g/mol. The molecule has 0 aliphatic heterocycles. The second-order valence-electron chi connectivity index (χ2n) is 6.06. The van der Waals surface area contributed by atoms with E-state index in [2.05, 4.69) is 25.8 Å². The molecule has 25 heavy (non-hydrogen) atoms. The Bertz CT molecular complexity index is 769. The number of nitrogens with one attached hydrogen (secondary N) is 1. The average Bonchev–Trinajstić information content (AvgIpc) is 3.34. The summed E-state index contributed by atoms with van der Waals surface area (Å²) in [4.78, 5) is 18.5. The number of anilines is 1. The maximum absolute atomic E-state index is 12.6. The van der Waals surface area contributed by atoms with Crippen molar-refractivity contribution in [1.29, 1.82) is 0 Å². The van der Waals surface area contributed by atoms with Crippen LogP contribution in [0.3, 0.4) is 0 Å². The highest BCUT2D eigenvalue weighted by Crippen LogP contribution is 2.30. The normalized spacial score (nSPS) is 15.4. The van der Waals surface area contributed by atoms with Crippen LogP contribution in [0.5, 0.6) is 0 Å². The highest BCUT2D eigenvalue weighted by molar-refractivity contribution is 7.15. The van der Waals surface area contributed by atoms with Gasteiger partial charge in [0.15, 0.2) is 5.13 Å². The Morgan fingerprint density at radius 3 is 3.04 bits per heavy atom. The van der Waals surface area contributed by atoms with Crippen molar-refractivity contribution in [2.24, 2.45) is 0 Å². The number of rotatable bonds is 5. The van der Waals surface area contributed by atoms with E-state index in [0.29, 0.717) is 5.13 Å². The van der Waals surface area contributed by atoms with E-state index in [1.54, 1.807) is 33.7 Å². The van der Waals surface area contributed by atoms with Crippen LogP contribution in [0.15, 0.2) is 23.2 Å². The number of hydrogen-bond donors (Lipinski definition) is 1. The Morgan fingerprint density at radius 2 is 2.24 bits per heavy atom. The molecule has 0 radical (unpaired) electrons. The zero-order valence-corrected chi connectivity index (χ0v) is 15.2. The lowest BCUT2D eigenvalue weighted by Gasteiger charge is -2.14. The Kier molecular flexibility index (Phi) is 4.84. The molecule has 1 atom stereocenters. The van der Waals surface area contributed by atoms with Crippen LogP contribution < -0.4 is 5.32 Å². The highest BCUT2D eigenvalue weighted by atomic mass is 32.1. The van der Waals surface area contributed by atoms with Gasteiger partial charge in [-0.05, 0) is 58.5 Å². The van der Waals surface area contributed by atoms with Crippen molar-refractivity contribution in [3.63, 3.8) is 0 Å². The van der Waals surface area contributed by atoms with E-state index in [1.165, 1.54) is 24.1 Å². The van der Waals surface area contributed by atoms with Crippen molar-refractivity contribution in [1.82, 2.24) is 25.2 Å². The summed E-state index contributed by atoms with van der Waals surface area (Å²) in [5.74, 6) is -0.0735. The number of nitrogens with zero attached hydrogens (tertiary/aromatic N) is 5. The summed E-state index contributed by atoms with van der Waals surface area (Å²) in [6.45, 7) is 0. The molecule has 3 aromatic rings. The summed E-state index contributed by atoms with van der Waals surface area (Å²) in [5, 5.41) is 19.0. The van der Waals surface area contributed by atoms with E-state index in [0.717, 1.165) is 24.1 Å². The van der Waals surface area contributed by atoms with Gasteiger partial charge in [-0.1, -0.05) is 6.42 Å². The van der Waals surface area contributed by atoms with Crippen LogP contribution in [0.2, 0.25) is 0 Å². The van der Waals surface area contributed by atoms with Crippen molar-refractivity contribution in [2.45, 2.75) is 44.6 Å². The molecule has 0 aromatic carbocycles. The fraction of sp³-hybridized carbons (Fsp3) is 0.438. The predicted octanol–water partition coefficient (Wildman–Crippen LogP) is 3.08. The Morgan fingerprint density at radius 1 is 1.32 bits per heavy atom. The van der Waals surface area contributed by atoms with E-state index in [9.17, 15) is 4.79 Å². The van der Waals surface area contributed by atoms with Crippen LogP contribution in [0, 0.1) is 0 Å². The number of tetrazole rings is 1. The third-order valence-corrected chi connectivity index (χ3v) is 6.11. The maximum atomic E-state index is 12.6. The monoisotopic (exact) mass is 374 g/mol. The number of aromatic nitrogens is 5. The Balaban J connectivity index is 1.47. The summed E-state index contributed by atoms with van der Waals surface area (Å²) in [6.07, 6.45) is 7.56. The number of thiazole rings is 1. The molecule has 1 aliphatic rings. The van der Waals surface area contributed by atoms with Gasteiger partial charge in [0.2, 0.25) is 5.91 Å². The Labute approximate surface area is 153 Å². The van der Waals surface area contributed by atoms with Crippen molar-refractivity contribution in [3.8, 4) is 0 Å². The van der Waals surface area contributed by atoms with Gasteiger partial charge in [0.1, 0.15) is 6.33 Å². The molecule has 9 heteroatoms. The van der Waals surface area contributed by atoms with Crippen LogP contribution >= 0.6 is 22.7 Å². The fourth-order valence-corrected chi connectivity index (χ4v) is 4.84. The van der Waals surface area contributed by atoms with Crippen molar-refractivity contribution >= 4 is 33.7 Å². The maximum Gasteiger partial charge on any atom is 0.228 e. The predicted molar refractivity (Wildman–Crippen MR) is 96.9 cm³/mol. The first-order chi connectivity index (χ1) is 12.3. The van der Waals surface area contributed by atoms with Crippen LogP contribution in [0.1, 0.15) is 47.9 Å². The molecule has 0 saturated carbocycles. The van der Waals surface area contributed by atoms with Gasteiger partial charge in [0.05, 0.1) is 18.2 Å². The molecular weight excluding hydrogens is 356 g/mol. The van der Waals surface area contributed by atoms with Gasteiger partial charge in [0, 0.05) is 4.88 Å². The number of carbonyl (C=O) groups is 1. The first-order valence-electron chi connectivity index (χ1n) is 8.32. The van der Waals surface area contributed by atoms with E-state index < -0.39 is 0 Å². The minimum absolute atomic E-state index is 0.0735. The molecule has 3 heterocycles. The summed E-state index contributed by atoms with van der Waals surface area (Å²) in [6, 6.07) is 1.79. The zero-order chi connectivity index (χ0) is 17.1. The molecule has 0 fully saturated rings. The first-order valence-corrected chi connectivity index (χ1v) is 10.1. The van der Waals surface area contributed by atoms with Crippen molar-refractivity contribution in [3.05, 3.63) is 39.3 Å². The third-order valence-electron chi connectivity index (χ3n) is 4.33. The van der Waals surface area contributed by atoms with E-state index in [4.69, 9.17) is 0 Å². The summed E-state index contributed by atoms with van der Waals surface area (Å²) in [7, 11) is 0. The molecule has 130 valence electrons. The number of amides is 1. The number of thiophene rings is 1. The molecule has 0 saturated heterocycles. The number of carbonyl (C=O) groups excluding carboxylic acids is 1. The highest BCUT2D eigenvalue weighted by Gasteiger charge is 2.21. The summed E-state index contributed by atoms with van der Waals surface area (Å²) >= 11 is 3.20. The van der Waals surface area contributed by atoms with E-state index in [-0.39, 0.29) is 18.4 Å². The Hall–Kier alpha value is -2.13. The van der Waals surface area contributed by atoms with E-state index >= 15 is 0 Å². The van der Waals surface area contributed by atoms with Crippen molar-refractivity contribution in [2.75, 3.05) is 5.32 Å². The largest absolute Gasteiger partial charge is 0.302 e. The summed E-state index contributed by atoms with van der Waals surface area (Å²) < 4.78 is 1.62. The lowest BCUT2D eigenvalue weighted by atomic mass is 10.1. The second-order valence-corrected chi connectivity index (χ2v) is 7.93. The first kappa shape index (κ1) is 16.3. The minimum Gasteiger partial charge on any atom is -0.302 e. The van der Waals surface area contributed by atoms with Gasteiger partial charge in [-0.2, -0.15) is 11.3 Å². The second kappa shape index (κ2) is 7.40. The number of fused-ring (bicyclic) bond motifs is 1. The molecule has 3 aromatic heterocycles. The molecular formula is C16H18N6OS2. The SMILES string of the molecule is O=C(CC(c1ccsc1)n1cnnn1)Nc1nc2c(s1)CCCCC2. The van der Waals surface area contributed by atoms with Crippen LogP contribution in [0.25, 0.3) is 0 Å². The van der Waals surface area contributed by atoms with Crippen LogP contribution in [-0.4, -0.2) is 31.1 Å². The number of hydrogen-bond acceptors (Lipinski definition) is 7. The van der Waals surface area contributed by atoms with E-state index in [1.807, 2.05) is 16.8 Å². The smallest absolute Gasteiger partial charge is 0.228 e. The van der Waals surface area contributed by atoms with Crippen LogP contribution in [0.4, 0.5) is 5.13 Å². The molecule has 1 N–H and O–H groups in total. The molecule has 1 unspecified atom stereocenters. The molecule has 4 rings (SSSR count). The summed E-state index contributed by atoms with van der Waals surface area (Å²) in [5.41, 5.74) is 2.19. The fourth-order valence-electron chi connectivity index (χ4n) is 3.07. The van der Waals surface area contributed by atoms with Gasteiger partial charge in [-0.3, -0.25) is 4.79 Å². The minimum atomic E-state index is -0.209. The molecule has 1 aliphatic carbocycles. The van der Waals surface area contributed by atoms with Gasteiger partial charge < -0.3 is 5.32 Å². The van der Waals surface area contributed by atoms with Gasteiger partial charge in [-0.25, -0.2) is 9.67 Å². The van der Waals surface area contributed by atoms with Gasteiger partial charge in [-0.15, -0.1) is 16.4 Å². The molecule has 0 spiro atoms. The standard InChI is InChI=1S/C16H18N6OS2/c23-15(19-16-18-12-4-2-1-3-5-14(12)25-16)8-13(11-6-7-24-9-11)22-10-17-20-21-22/h6-7,9-10,13H,1-5,8H2,(H,18,19,23). The lowest BCUT2D eigenvalue weighted by Crippen LogP contribution is -2.20. The molecule has 7 nitrogen and oxygen atoms in total. The third kappa shape index (κ3) is 3.77. The molecule has 1 amide bonds. The van der Waals surface area contributed by atoms with Gasteiger partial charge in [0.25, 0.3) is 0 Å². The lowest BCUT2D eigenvalue weighted by molar-refractivity contribution is -0.116. The topological polar surface area (TPSA) is 85.6 Å². The van der Waals surface area contributed by atoms with Crippen LogP contribution in [-0.2, 0) is 17.6 Å². The van der Waals surface area contributed by atoms with Gasteiger partial charge >= 0.3 is 0 Å². The zero-order valence-electron chi connectivity index (χ0n) is 13.6. The quantitative estimate of drug-likeness (QED) is 0.694. The molecule has 0 bridgehead atoms. The number of aryl methyl sites for hydroxylation is 2.